The highest BCUT2D eigenvalue weighted by Gasteiger charge is 2.11. The van der Waals surface area contributed by atoms with Gasteiger partial charge in [0.05, 0.1) is 10.6 Å². The number of halogens is 3. The third-order valence-electron chi connectivity index (χ3n) is 2.42. The lowest BCUT2D eigenvalue weighted by atomic mass is 10.2. The van der Waals surface area contributed by atoms with E-state index in [0.29, 0.717) is 13.0 Å². The van der Waals surface area contributed by atoms with Crippen molar-refractivity contribution in [1.29, 1.82) is 0 Å². The molecule has 0 aliphatic heterocycles. The van der Waals surface area contributed by atoms with Crippen LogP contribution in [0.4, 0.5) is 8.78 Å². The van der Waals surface area contributed by atoms with Crippen LogP contribution in [0, 0.1) is 11.6 Å². The highest BCUT2D eigenvalue weighted by molar-refractivity contribution is 9.10. The van der Waals surface area contributed by atoms with Gasteiger partial charge in [0.2, 0.25) is 0 Å². The zero-order valence-corrected chi connectivity index (χ0v) is 11.2. The second-order valence-corrected chi connectivity index (χ2v) is 4.84. The first-order valence-electron chi connectivity index (χ1n) is 5.53. The van der Waals surface area contributed by atoms with Gasteiger partial charge in [0.1, 0.15) is 11.6 Å². The number of hydrogen-bond acceptors (Lipinski definition) is 2. The van der Waals surface area contributed by atoms with Gasteiger partial charge in [-0.2, -0.15) is 0 Å². The van der Waals surface area contributed by atoms with Crippen molar-refractivity contribution < 1.29 is 13.9 Å². The standard InChI is InChI=1S/C12H16BrF2NO/c1-8(17)3-2-6-16-7-9-11(14)5-4-10(13)12(9)15/h4-5,8,16-17H,2-3,6-7H2,1H3. The first-order valence-corrected chi connectivity index (χ1v) is 6.33. The van der Waals surface area contributed by atoms with Gasteiger partial charge >= 0.3 is 0 Å². The van der Waals surface area contributed by atoms with Crippen LogP contribution in [0.2, 0.25) is 0 Å². The first kappa shape index (κ1) is 14.5. The lowest BCUT2D eigenvalue weighted by Crippen LogP contribution is -2.18. The maximum Gasteiger partial charge on any atom is 0.144 e. The summed E-state index contributed by atoms with van der Waals surface area (Å²) in [7, 11) is 0. The van der Waals surface area contributed by atoms with E-state index in [-0.39, 0.29) is 22.7 Å². The zero-order chi connectivity index (χ0) is 12.8. The van der Waals surface area contributed by atoms with E-state index < -0.39 is 11.6 Å². The molecule has 2 nitrogen and oxygen atoms in total. The van der Waals surface area contributed by atoms with Gasteiger partial charge < -0.3 is 10.4 Å². The van der Waals surface area contributed by atoms with Crippen molar-refractivity contribution in [3.8, 4) is 0 Å². The number of aliphatic hydroxyl groups excluding tert-OH is 1. The fourth-order valence-electron chi connectivity index (χ4n) is 1.47. The van der Waals surface area contributed by atoms with Gasteiger partial charge in [-0.15, -0.1) is 0 Å². The number of rotatable bonds is 6. The molecular formula is C12H16BrF2NO. The second-order valence-electron chi connectivity index (χ2n) is 3.99. The molecule has 1 rings (SSSR count). The smallest absolute Gasteiger partial charge is 0.144 e. The minimum absolute atomic E-state index is 0.0384. The van der Waals surface area contributed by atoms with Crippen molar-refractivity contribution in [3.05, 3.63) is 33.8 Å². The molecule has 0 aromatic heterocycles. The lowest BCUT2D eigenvalue weighted by molar-refractivity contribution is 0.181. The van der Waals surface area contributed by atoms with E-state index in [2.05, 4.69) is 21.2 Å². The molecule has 0 spiro atoms. The molecule has 1 atom stereocenters. The molecule has 0 fully saturated rings. The molecular weight excluding hydrogens is 292 g/mol. The Kier molecular flexibility index (Phi) is 6.02. The Bertz CT molecular complexity index is 372. The Morgan fingerprint density at radius 1 is 1.41 bits per heavy atom. The summed E-state index contributed by atoms with van der Waals surface area (Å²) in [5.41, 5.74) is 0.0384. The van der Waals surface area contributed by atoms with Crippen LogP contribution in [0.3, 0.4) is 0 Å². The summed E-state index contributed by atoms with van der Waals surface area (Å²) in [5, 5.41) is 12.0. The van der Waals surface area contributed by atoms with Gasteiger partial charge in [0.25, 0.3) is 0 Å². The summed E-state index contributed by atoms with van der Waals surface area (Å²) >= 11 is 3.02. The van der Waals surface area contributed by atoms with Crippen LogP contribution in [0.1, 0.15) is 25.3 Å². The average molecular weight is 308 g/mol. The Labute approximate surface area is 108 Å². The topological polar surface area (TPSA) is 32.3 Å². The SMILES string of the molecule is CC(O)CCCNCc1c(F)ccc(Br)c1F. The molecule has 0 aliphatic carbocycles. The predicted molar refractivity (Wildman–Crippen MR) is 66.7 cm³/mol. The summed E-state index contributed by atoms with van der Waals surface area (Å²) in [6, 6.07) is 2.58. The largest absolute Gasteiger partial charge is 0.393 e. The van der Waals surface area contributed by atoms with Crippen LogP contribution in [-0.4, -0.2) is 17.8 Å². The Morgan fingerprint density at radius 3 is 2.76 bits per heavy atom. The molecule has 0 bridgehead atoms. The van der Waals surface area contributed by atoms with E-state index in [1.54, 1.807) is 6.92 Å². The number of nitrogens with one attached hydrogen (secondary N) is 1. The third-order valence-corrected chi connectivity index (χ3v) is 3.03. The fourth-order valence-corrected chi connectivity index (χ4v) is 1.84. The van der Waals surface area contributed by atoms with E-state index in [0.717, 1.165) is 6.42 Å². The summed E-state index contributed by atoms with van der Waals surface area (Å²) in [6.07, 6.45) is 1.11. The molecule has 0 saturated carbocycles. The molecule has 0 heterocycles. The van der Waals surface area contributed by atoms with Crippen molar-refractivity contribution in [2.75, 3.05) is 6.54 Å². The summed E-state index contributed by atoms with van der Waals surface area (Å²) in [6.45, 7) is 2.49. The minimum atomic E-state index is -0.562. The number of hydrogen-bond donors (Lipinski definition) is 2. The molecule has 0 amide bonds. The van der Waals surface area contributed by atoms with Gasteiger partial charge in [-0.05, 0) is 54.4 Å². The maximum absolute atomic E-state index is 13.5. The molecule has 1 aromatic carbocycles. The van der Waals surface area contributed by atoms with Crippen molar-refractivity contribution in [2.24, 2.45) is 0 Å². The lowest BCUT2D eigenvalue weighted by Gasteiger charge is -2.09. The molecule has 2 N–H and O–H groups in total. The van der Waals surface area contributed by atoms with Crippen LogP contribution >= 0.6 is 15.9 Å². The normalized spacial score (nSPS) is 12.8. The summed E-state index contributed by atoms with van der Waals surface area (Å²) in [4.78, 5) is 0. The zero-order valence-electron chi connectivity index (χ0n) is 9.64. The summed E-state index contributed by atoms with van der Waals surface area (Å²) < 4.78 is 27.1. The van der Waals surface area contributed by atoms with Gasteiger partial charge in [-0.25, -0.2) is 8.78 Å². The molecule has 0 aliphatic rings. The molecule has 0 radical (unpaired) electrons. The van der Waals surface area contributed by atoms with Crippen LogP contribution in [0.25, 0.3) is 0 Å². The van der Waals surface area contributed by atoms with Crippen LogP contribution in [0.5, 0.6) is 0 Å². The number of aliphatic hydroxyl groups is 1. The molecule has 96 valence electrons. The van der Waals surface area contributed by atoms with Gasteiger partial charge in [-0.1, -0.05) is 0 Å². The molecule has 1 aromatic rings. The Morgan fingerprint density at radius 2 is 2.12 bits per heavy atom. The van der Waals surface area contributed by atoms with Crippen molar-refractivity contribution in [2.45, 2.75) is 32.4 Å². The van der Waals surface area contributed by atoms with Crippen LogP contribution in [-0.2, 0) is 6.54 Å². The monoisotopic (exact) mass is 307 g/mol. The Hall–Kier alpha value is -0.520. The van der Waals surface area contributed by atoms with Gasteiger partial charge in [0.15, 0.2) is 0 Å². The van der Waals surface area contributed by atoms with Crippen LogP contribution in [0.15, 0.2) is 16.6 Å². The van der Waals surface area contributed by atoms with Gasteiger partial charge in [0, 0.05) is 12.1 Å². The van der Waals surface area contributed by atoms with Crippen molar-refractivity contribution >= 4 is 15.9 Å². The average Bonchev–Trinajstić information content (AvgIpc) is 2.27. The highest BCUT2D eigenvalue weighted by Crippen LogP contribution is 2.21. The van der Waals surface area contributed by atoms with Gasteiger partial charge in [-0.3, -0.25) is 0 Å². The fraction of sp³-hybridized carbons (Fsp3) is 0.500. The first-order chi connectivity index (χ1) is 8.02. The van der Waals surface area contributed by atoms with Crippen molar-refractivity contribution in [1.82, 2.24) is 5.32 Å². The molecule has 5 heteroatoms. The van der Waals surface area contributed by atoms with E-state index in [1.165, 1.54) is 12.1 Å². The third kappa shape index (κ3) is 4.69. The van der Waals surface area contributed by atoms with Crippen molar-refractivity contribution in [3.63, 3.8) is 0 Å². The van der Waals surface area contributed by atoms with E-state index in [1.807, 2.05) is 0 Å². The predicted octanol–water partition coefficient (Wildman–Crippen LogP) is 2.98. The maximum atomic E-state index is 13.5. The Balaban J connectivity index is 2.44. The molecule has 17 heavy (non-hydrogen) atoms. The quantitative estimate of drug-likeness (QED) is 0.625. The van der Waals surface area contributed by atoms with E-state index >= 15 is 0 Å². The van der Waals surface area contributed by atoms with Crippen LogP contribution < -0.4 is 5.32 Å². The van der Waals surface area contributed by atoms with E-state index in [4.69, 9.17) is 5.11 Å². The summed E-state index contributed by atoms with van der Waals surface area (Å²) in [5.74, 6) is -1.11. The van der Waals surface area contributed by atoms with E-state index in [9.17, 15) is 8.78 Å². The minimum Gasteiger partial charge on any atom is -0.393 e. The second kappa shape index (κ2) is 7.03. The number of benzene rings is 1. The molecule has 0 saturated heterocycles. The highest BCUT2D eigenvalue weighted by atomic mass is 79.9. The molecule has 1 unspecified atom stereocenters.